The zero-order valence-electron chi connectivity index (χ0n) is 21.0. The Hall–Kier alpha value is -5.34. The molecule has 0 saturated heterocycles. The predicted octanol–water partition coefficient (Wildman–Crippen LogP) is 6.24. The number of rotatable bonds is 11. The second-order valence-electron chi connectivity index (χ2n) is 7.95. The number of anilines is 4. The Labute approximate surface area is 242 Å². The first-order chi connectivity index (χ1) is 19.7. The van der Waals surface area contributed by atoms with Crippen molar-refractivity contribution in [1.82, 2.24) is 9.97 Å². The number of halogens is 2. The first-order valence-electron chi connectivity index (χ1n) is 11.5. The van der Waals surface area contributed by atoms with Crippen molar-refractivity contribution in [3.63, 3.8) is 0 Å². The summed E-state index contributed by atoms with van der Waals surface area (Å²) in [6, 6.07) is 16.8. The SMILES string of the molecule is COc1ccccc1Nc1cc(NN=Cc2cc(Cl)ccc2[N+](=O)[O-])nc(NN=Cc2cc(Cl)ccc2[N+](=O)[O-])n1. The molecule has 4 rings (SSSR count). The number of para-hydroxylation sites is 2. The standard InChI is InChI=1S/C25H19Cl2N9O5/c1-41-22-5-3-2-4-19(22)30-23-12-24(33-28-13-15-10-17(26)6-8-20(15)35(37)38)32-25(31-23)34-29-14-16-11-18(27)7-9-21(16)36(39)40/h2-14H,1H3,(H3,30,31,32,33,34). The molecule has 3 N–H and O–H groups in total. The van der Waals surface area contributed by atoms with E-state index < -0.39 is 9.85 Å². The van der Waals surface area contributed by atoms with Crippen LogP contribution in [0, 0.1) is 20.2 Å². The van der Waals surface area contributed by atoms with Gasteiger partial charge in [-0.05, 0) is 36.4 Å². The van der Waals surface area contributed by atoms with Crippen LogP contribution >= 0.6 is 23.2 Å². The predicted molar refractivity (Wildman–Crippen MR) is 157 cm³/mol. The van der Waals surface area contributed by atoms with E-state index in [2.05, 4.69) is 36.3 Å². The van der Waals surface area contributed by atoms with Crippen LogP contribution in [0.4, 0.5) is 34.6 Å². The van der Waals surface area contributed by atoms with Gasteiger partial charge in [0.2, 0.25) is 5.95 Å². The summed E-state index contributed by atoms with van der Waals surface area (Å²) >= 11 is 12.0. The Morgan fingerprint density at radius 3 is 1.95 bits per heavy atom. The van der Waals surface area contributed by atoms with Gasteiger partial charge >= 0.3 is 0 Å². The number of hydrogen-bond donors (Lipinski definition) is 3. The molecular formula is C25H19Cl2N9O5. The van der Waals surface area contributed by atoms with E-state index in [4.69, 9.17) is 27.9 Å². The van der Waals surface area contributed by atoms with Gasteiger partial charge in [-0.3, -0.25) is 25.7 Å². The fourth-order valence-electron chi connectivity index (χ4n) is 3.42. The van der Waals surface area contributed by atoms with Gasteiger partial charge in [0.25, 0.3) is 11.4 Å². The molecule has 0 atom stereocenters. The number of hydrazone groups is 2. The molecule has 1 heterocycles. The van der Waals surface area contributed by atoms with Crippen molar-refractivity contribution < 1.29 is 14.6 Å². The number of nitro groups is 2. The summed E-state index contributed by atoms with van der Waals surface area (Å²) < 4.78 is 5.37. The summed E-state index contributed by atoms with van der Waals surface area (Å²) in [6.45, 7) is 0. The van der Waals surface area contributed by atoms with E-state index in [0.717, 1.165) is 0 Å². The van der Waals surface area contributed by atoms with E-state index in [9.17, 15) is 20.2 Å². The van der Waals surface area contributed by atoms with Crippen LogP contribution in [0.3, 0.4) is 0 Å². The van der Waals surface area contributed by atoms with E-state index in [1.807, 2.05) is 0 Å². The average molecular weight is 596 g/mol. The lowest BCUT2D eigenvalue weighted by molar-refractivity contribution is -0.385. The summed E-state index contributed by atoms with van der Waals surface area (Å²) in [5, 5.41) is 34.4. The maximum Gasteiger partial charge on any atom is 0.278 e. The second kappa shape index (κ2) is 13.1. The maximum atomic E-state index is 11.3. The number of nitrogens with zero attached hydrogens (tertiary/aromatic N) is 6. The Bertz CT molecular complexity index is 1570. The van der Waals surface area contributed by atoms with Crippen molar-refractivity contribution in [2.75, 3.05) is 23.3 Å². The van der Waals surface area contributed by atoms with Crippen molar-refractivity contribution in [3.05, 3.63) is 108 Å². The third-order valence-corrected chi connectivity index (χ3v) is 5.69. The molecule has 41 heavy (non-hydrogen) atoms. The summed E-state index contributed by atoms with van der Waals surface area (Å²) in [6.07, 6.45) is 2.43. The monoisotopic (exact) mass is 595 g/mol. The molecule has 0 aliphatic heterocycles. The van der Waals surface area contributed by atoms with Crippen molar-refractivity contribution in [2.45, 2.75) is 0 Å². The van der Waals surface area contributed by atoms with Crippen LogP contribution in [0.2, 0.25) is 10.0 Å². The van der Waals surface area contributed by atoms with Crippen LogP contribution in [0.1, 0.15) is 11.1 Å². The fraction of sp³-hybridized carbons (Fsp3) is 0.0400. The molecule has 16 heteroatoms. The third kappa shape index (κ3) is 7.62. The van der Waals surface area contributed by atoms with Gasteiger partial charge in [0.05, 0.1) is 46.2 Å². The Morgan fingerprint density at radius 1 is 0.805 bits per heavy atom. The van der Waals surface area contributed by atoms with E-state index in [1.165, 1.54) is 62.0 Å². The van der Waals surface area contributed by atoms with E-state index in [0.29, 0.717) is 27.3 Å². The lowest BCUT2D eigenvalue weighted by Crippen LogP contribution is -2.05. The molecule has 0 radical (unpaired) electrons. The Morgan fingerprint density at radius 2 is 1.37 bits per heavy atom. The highest BCUT2D eigenvalue weighted by molar-refractivity contribution is 6.31. The number of methoxy groups -OCH3 is 1. The molecule has 0 fully saturated rings. The van der Waals surface area contributed by atoms with Crippen LogP contribution in [0.15, 0.2) is 76.9 Å². The molecule has 14 nitrogen and oxygen atoms in total. The number of ether oxygens (including phenoxy) is 1. The molecule has 3 aromatic carbocycles. The third-order valence-electron chi connectivity index (χ3n) is 5.22. The number of nitro benzene ring substituents is 2. The molecule has 0 aliphatic rings. The van der Waals surface area contributed by atoms with Gasteiger partial charge in [-0.15, -0.1) is 0 Å². The highest BCUT2D eigenvalue weighted by atomic mass is 35.5. The molecule has 0 amide bonds. The largest absolute Gasteiger partial charge is 0.495 e. The van der Waals surface area contributed by atoms with Gasteiger partial charge in [-0.2, -0.15) is 20.2 Å². The van der Waals surface area contributed by atoms with Crippen molar-refractivity contribution >= 4 is 70.3 Å². The molecule has 0 unspecified atom stereocenters. The number of nitrogens with one attached hydrogen (secondary N) is 3. The Balaban J connectivity index is 1.63. The van der Waals surface area contributed by atoms with E-state index in [-0.39, 0.29) is 34.3 Å². The highest BCUT2D eigenvalue weighted by Crippen LogP contribution is 2.28. The van der Waals surface area contributed by atoms with Gasteiger partial charge in [0.1, 0.15) is 11.6 Å². The highest BCUT2D eigenvalue weighted by Gasteiger charge is 2.14. The van der Waals surface area contributed by atoms with E-state index >= 15 is 0 Å². The topological polar surface area (TPSA) is 182 Å². The Kier molecular flexibility index (Phi) is 9.19. The number of hydrogen-bond acceptors (Lipinski definition) is 12. The van der Waals surface area contributed by atoms with Gasteiger partial charge in [0, 0.05) is 28.2 Å². The second-order valence-corrected chi connectivity index (χ2v) is 8.82. The molecule has 0 bridgehead atoms. The van der Waals surface area contributed by atoms with Crippen molar-refractivity contribution in [2.24, 2.45) is 10.2 Å². The van der Waals surface area contributed by atoms with E-state index in [1.54, 1.807) is 24.3 Å². The molecule has 1 aromatic heterocycles. The zero-order valence-corrected chi connectivity index (χ0v) is 22.5. The smallest absolute Gasteiger partial charge is 0.278 e. The fourth-order valence-corrected chi connectivity index (χ4v) is 3.78. The molecule has 0 saturated carbocycles. The average Bonchev–Trinajstić information content (AvgIpc) is 2.93. The maximum absolute atomic E-state index is 11.3. The van der Waals surface area contributed by atoms with Gasteiger partial charge in [0.15, 0.2) is 5.82 Å². The quantitative estimate of drug-likeness (QED) is 0.102. The molecular weight excluding hydrogens is 577 g/mol. The summed E-state index contributed by atoms with van der Waals surface area (Å²) in [5.41, 5.74) is 5.86. The van der Waals surface area contributed by atoms with Crippen molar-refractivity contribution in [3.8, 4) is 5.75 Å². The molecule has 208 valence electrons. The summed E-state index contributed by atoms with van der Waals surface area (Å²) in [7, 11) is 1.52. The lowest BCUT2D eigenvalue weighted by atomic mass is 10.2. The lowest BCUT2D eigenvalue weighted by Gasteiger charge is -2.12. The molecule has 0 aliphatic carbocycles. The van der Waals surface area contributed by atoms with Gasteiger partial charge < -0.3 is 10.1 Å². The summed E-state index contributed by atoms with van der Waals surface area (Å²) in [4.78, 5) is 30.2. The van der Waals surface area contributed by atoms with Crippen molar-refractivity contribution in [1.29, 1.82) is 0 Å². The van der Waals surface area contributed by atoms with Crippen LogP contribution in [-0.4, -0.2) is 39.4 Å². The minimum atomic E-state index is -0.559. The summed E-state index contributed by atoms with van der Waals surface area (Å²) in [5.74, 6) is 0.997. The first-order valence-corrected chi connectivity index (χ1v) is 12.2. The van der Waals surface area contributed by atoms with Crippen LogP contribution in [0.5, 0.6) is 5.75 Å². The number of aromatic nitrogens is 2. The molecule has 0 spiro atoms. The minimum absolute atomic E-state index is 0.0164. The molecule has 4 aromatic rings. The van der Waals surface area contributed by atoms with Crippen LogP contribution in [-0.2, 0) is 0 Å². The minimum Gasteiger partial charge on any atom is -0.495 e. The normalized spacial score (nSPS) is 11.0. The number of benzene rings is 3. The van der Waals surface area contributed by atoms with Gasteiger partial charge in [-0.25, -0.2) is 5.43 Å². The first kappa shape index (κ1) is 28.7. The van der Waals surface area contributed by atoms with Crippen LogP contribution < -0.4 is 20.9 Å². The zero-order chi connectivity index (χ0) is 29.4. The van der Waals surface area contributed by atoms with Crippen LogP contribution in [0.25, 0.3) is 0 Å². The van der Waals surface area contributed by atoms with Gasteiger partial charge in [-0.1, -0.05) is 35.3 Å².